The van der Waals surface area contributed by atoms with Crippen molar-refractivity contribution in [2.45, 2.75) is 0 Å². The highest BCUT2D eigenvalue weighted by molar-refractivity contribution is 9.10. The lowest BCUT2D eigenvalue weighted by Crippen LogP contribution is -1.84. The number of rotatable bonds is 1. The molecule has 0 aliphatic rings. The summed E-state index contributed by atoms with van der Waals surface area (Å²) < 4.78 is 1.08. The van der Waals surface area contributed by atoms with Gasteiger partial charge < -0.3 is 0 Å². The van der Waals surface area contributed by atoms with Gasteiger partial charge in [-0.05, 0) is 30.3 Å². The van der Waals surface area contributed by atoms with E-state index in [0.717, 1.165) is 26.6 Å². The zero-order chi connectivity index (χ0) is 11.7. The van der Waals surface area contributed by atoms with Crippen LogP contribution in [-0.4, -0.2) is 4.98 Å². The fourth-order valence-electron chi connectivity index (χ4n) is 1.77. The average Bonchev–Trinajstić information content (AvgIpc) is 2.39. The smallest absolute Gasteiger partial charge is 0.0715 e. The zero-order valence-corrected chi connectivity index (χ0v) is 10.6. The molecule has 0 aliphatic carbocycles. The average molecular weight is 283 g/mol. The highest BCUT2D eigenvalue weighted by atomic mass is 79.9. The molecule has 0 spiro atoms. The minimum Gasteiger partial charge on any atom is -0.248 e. The molecule has 3 rings (SSSR count). The normalized spacial score (nSPS) is 10.6. The lowest BCUT2D eigenvalue weighted by atomic mass is 10.1. The Hall–Kier alpha value is -1.67. The summed E-state index contributed by atoms with van der Waals surface area (Å²) in [4.78, 5) is 4.63. The van der Waals surface area contributed by atoms with E-state index in [2.05, 4.69) is 39.1 Å². The molecule has 0 saturated heterocycles. The van der Waals surface area contributed by atoms with Gasteiger partial charge in [0.05, 0.1) is 11.2 Å². The van der Waals surface area contributed by atoms with Crippen LogP contribution in [0.2, 0.25) is 0 Å². The zero-order valence-electron chi connectivity index (χ0n) is 9.02. The summed E-state index contributed by atoms with van der Waals surface area (Å²) in [7, 11) is 0. The molecule has 0 fully saturated rings. The van der Waals surface area contributed by atoms with Gasteiger partial charge in [-0.25, -0.2) is 4.98 Å². The Balaban J connectivity index is 2.14. The van der Waals surface area contributed by atoms with Crippen molar-refractivity contribution in [3.8, 4) is 11.3 Å². The third-order valence-corrected chi connectivity index (χ3v) is 3.18. The highest BCUT2D eigenvalue weighted by Gasteiger charge is 2.01. The Morgan fingerprint density at radius 2 is 1.71 bits per heavy atom. The van der Waals surface area contributed by atoms with Crippen molar-refractivity contribution in [3.05, 3.63) is 65.1 Å². The molecule has 0 amide bonds. The predicted molar refractivity (Wildman–Crippen MR) is 73.7 cm³/mol. The molecule has 0 saturated carbocycles. The lowest BCUT2D eigenvalue weighted by Gasteiger charge is -2.02. The van der Waals surface area contributed by atoms with Crippen molar-refractivity contribution < 1.29 is 0 Å². The number of nitrogens with zero attached hydrogens (tertiary/aromatic N) is 1. The van der Waals surface area contributed by atoms with E-state index in [9.17, 15) is 0 Å². The number of benzene rings is 2. The topological polar surface area (TPSA) is 12.9 Å². The van der Waals surface area contributed by atoms with Crippen LogP contribution in [0.15, 0.2) is 59.1 Å². The Bertz CT molecular complexity index is 659. The minimum atomic E-state index is 0.955. The van der Waals surface area contributed by atoms with E-state index >= 15 is 0 Å². The Morgan fingerprint density at radius 1 is 0.941 bits per heavy atom. The maximum absolute atomic E-state index is 4.63. The van der Waals surface area contributed by atoms with Crippen LogP contribution < -0.4 is 0 Å². The second kappa shape index (κ2) is 4.30. The largest absolute Gasteiger partial charge is 0.248 e. The third-order valence-electron chi connectivity index (χ3n) is 2.65. The van der Waals surface area contributed by atoms with E-state index in [-0.39, 0.29) is 0 Å². The Labute approximate surface area is 108 Å². The number of hydrogen-bond donors (Lipinski definition) is 0. The third kappa shape index (κ3) is 2.08. The van der Waals surface area contributed by atoms with E-state index in [0.29, 0.717) is 0 Å². The molecule has 0 aliphatic heterocycles. The number of halogens is 1. The van der Waals surface area contributed by atoms with E-state index in [1.165, 1.54) is 0 Å². The molecular formula is C15H9BrN. The Kier molecular flexibility index (Phi) is 2.65. The van der Waals surface area contributed by atoms with Gasteiger partial charge in [0.25, 0.3) is 0 Å². The summed E-state index contributed by atoms with van der Waals surface area (Å²) in [5.74, 6) is 0. The van der Waals surface area contributed by atoms with Crippen LogP contribution in [-0.2, 0) is 0 Å². The van der Waals surface area contributed by atoms with Crippen LogP contribution in [0, 0.1) is 6.07 Å². The second-order valence-corrected chi connectivity index (χ2v) is 4.73. The molecule has 0 unspecified atom stereocenters. The summed E-state index contributed by atoms with van der Waals surface area (Å²) in [6, 6.07) is 21.4. The van der Waals surface area contributed by atoms with Crippen molar-refractivity contribution in [3.63, 3.8) is 0 Å². The fourth-order valence-corrected chi connectivity index (χ4v) is 2.03. The van der Waals surface area contributed by atoms with Crippen molar-refractivity contribution in [2.24, 2.45) is 0 Å². The molecule has 2 aromatic carbocycles. The molecule has 81 valence electrons. The fraction of sp³-hybridized carbons (Fsp3) is 0. The van der Waals surface area contributed by atoms with Crippen LogP contribution in [0.1, 0.15) is 0 Å². The minimum absolute atomic E-state index is 0.955. The van der Waals surface area contributed by atoms with E-state index in [1.807, 2.05) is 42.5 Å². The quantitative estimate of drug-likeness (QED) is 0.642. The first-order valence-corrected chi connectivity index (χ1v) is 6.16. The predicted octanol–water partition coefficient (Wildman–Crippen LogP) is 4.46. The van der Waals surface area contributed by atoms with Crippen molar-refractivity contribution >= 4 is 26.8 Å². The first kappa shape index (κ1) is 10.5. The van der Waals surface area contributed by atoms with Crippen LogP contribution in [0.3, 0.4) is 0 Å². The number of hydrogen-bond acceptors (Lipinski definition) is 1. The van der Waals surface area contributed by atoms with E-state index in [4.69, 9.17) is 0 Å². The molecule has 1 heterocycles. The number of para-hydroxylation sites is 1. The van der Waals surface area contributed by atoms with Gasteiger partial charge in [0.2, 0.25) is 0 Å². The van der Waals surface area contributed by atoms with Gasteiger partial charge >= 0.3 is 0 Å². The van der Waals surface area contributed by atoms with Crippen molar-refractivity contribution in [1.29, 1.82) is 0 Å². The van der Waals surface area contributed by atoms with E-state index in [1.54, 1.807) is 0 Å². The molecule has 2 heteroatoms. The van der Waals surface area contributed by atoms with Gasteiger partial charge in [0.1, 0.15) is 0 Å². The van der Waals surface area contributed by atoms with Gasteiger partial charge in [0, 0.05) is 15.4 Å². The van der Waals surface area contributed by atoms with Gasteiger partial charge in [-0.1, -0.05) is 46.3 Å². The van der Waals surface area contributed by atoms with Gasteiger partial charge in [-0.15, -0.1) is 0 Å². The van der Waals surface area contributed by atoms with Gasteiger partial charge in [-0.3, -0.25) is 0 Å². The molecule has 1 aromatic heterocycles. The van der Waals surface area contributed by atoms with Crippen molar-refractivity contribution in [2.75, 3.05) is 0 Å². The van der Waals surface area contributed by atoms with Crippen LogP contribution in [0.25, 0.3) is 22.2 Å². The number of fused-ring (bicyclic) bond motifs is 1. The van der Waals surface area contributed by atoms with Gasteiger partial charge in [-0.2, -0.15) is 0 Å². The maximum atomic E-state index is 4.63. The summed E-state index contributed by atoms with van der Waals surface area (Å²) in [6.45, 7) is 0. The summed E-state index contributed by atoms with van der Waals surface area (Å²) in [6.07, 6.45) is 0. The number of aromatic nitrogens is 1. The summed E-state index contributed by atoms with van der Waals surface area (Å²) in [5, 5.41) is 1.05. The van der Waals surface area contributed by atoms with Gasteiger partial charge in [0.15, 0.2) is 0 Å². The molecule has 1 radical (unpaired) electrons. The maximum Gasteiger partial charge on any atom is 0.0715 e. The molecule has 0 atom stereocenters. The molecular weight excluding hydrogens is 274 g/mol. The second-order valence-electron chi connectivity index (χ2n) is 3.81. The monoisotopic (exact) mass is 282 g/mol. The standard InChI is InChI=1S/C15H9BrN/c16-13-8-5-12(6-9-13)15-10-7-11-3-1-2-4-14(11)17-15/h1-6,8-10H. The van der Waals surface area contributed by atoms with Crippen LogP contribution in [0.5, 0.6) is 0 Å². The first-order chi connectivity index (χ1) is 8.33. The van der Waals surface area contributed by atoms with Crippen LogP contribution in [0.4, 0.5) is 0 Å². The molecule has 3 aromatic rings. The SMILES string of the molecule is Brc1ccc(-c2c[c]c3ccccc3n2)cc1. The number of pyridine rings is 1. The lowest BCUT2D eigenvalue weighted by molar-refractivity contribution is 1.39. The highest BCUT2D eigenvalue weighted by Crippen LogP contribution is 2.22. The molecule has 0 N–H and O–H groups in total. The summed E-state index contributed by atoms with van der Waals surface area (Å²) in [5.41, 5.74) is 3.04. The van der Waals surface area contributed by atoms with E-state index < -0.39 is 0 Å². The first-order valence-electron chi connectivity index (χ1n) is 5.36. The van der Waals surface area contributed by atoms with Crippen LogP contribution >= 0.6 is 15.9 Å². The molecule has 0 bridgehead atoms. The molecule has 1 nitrogen and oxygen atoms in total. The Morgan fingerprint density at radius 3 is 2.53 bits per heavy atom. The van der Waals surface area contributed by atoms with Crippen molar-refractivity contribution in [1.82, 2.24) is 4.98 Å². The molecule has 17 heavy (non-hydrogen) atoms. The summed E-state index contributed by atoms with van der Waals surface area (Å²) >= 11 is 3.43.